The fourth-order valence-electron chi connectivity index (χ4n) is 5.97. The maximum atomic E-state index is 14.3. The van der Waals surface area contributed by atoms with Crippen LogP contribution in [0.25, 0.3) is 22.4 Å². The van der Waals surface area contributed by atoms with Gasteiger partial charge < -0.3 is 25.2 Å². The van der Waals surface area contributed by atoms with Crippen LogP contribution in [0.3, 0.4) is 0 Å². The number of benzene rings is 3. The lowest BCUT2D eigenvalue weighted by molar-refractivity contribution is -0.140. The number of nitrogens with one attached hydrogen (secondary N) is 1. The number of anilines is 1. The molecule has 45 heavy (non-hydrogen) atoms. The molecule has 7 nitrogen and oxygen atoms in total. The lowest BCUT2D eigenvalue weighted by atomic mass is 9.72. The van der Waals surface area contributed by atoms with Crippen LogP contribution in [0.1, 0.15) is 69.4 Å². The number of rotatable bonds is 13. The van der Waals surface area contributed by atoms with Crippen LogP contribution in [0.5, 0.6) is 0 Å². The van der Waals surface area contributed by atoms with E-state index in [4.69, 9.17) is 0 Å². The number of nitrogens with zero attached hydrogens (tertiary/aromatic N) is 1. The SMILES string of the molecule is CC(C)c1c(C(=O)Nc2ccccc2)c(-c2ccccc2)c(-c2ccc(F)cc2)n1C[C@](C)(C(C)C)[C@@H](O)C[C@@H](O)CC(=O)O. The molecule has 8 heteroatoms. The van der Waals surface area contributed by atoms with Gasteiger partial charge in [0.15, 0.2) is 0 Å². The van der Waals surface area contributed by atoms with E-state index in [2.05, 4.69) is 9.88 Å². The Labute approximate surface area is 264 Å². The number of carbonyl (C=O) groups is 2. The van der Waals surface area contributed by atoms with Gasteiger partial charge in [-0.2, -0.15) is 0 Å². The van der Waals surface area contributed by atoms with Crippen LogP contribution in [0.15, 0.2) is 84.9 Å². The van der Waals surface area contributed by atoms with Gasteiger partial charge in [0, 0.05) is 35.3 Å². The number of aliphatic hydroxyl groups excluding tert-OH is 2. The summed E-state index contributed by atoms with van der Waals surface area (Å²) in [6.07, 6.45) is -2.90. The Morgan fingerprint density at radius 1 is 0.867 bits per heavy atom. The Morgan fingerprint density at radius 3 is 1.98 bits per heavy atom. The Balaban J connectivity index is 2.03. The Kier molecular flexibility index (Phi) is 10.6. The van der Waals surface area contributed by atoms with E-state index in [0.29, 0.717) is 28.1 Å². The van der Waals surface area contributed by atoms with Crippen molar-refractivity contribution in [2.24, 2.45) is 11.3 Å². The number of para-hydroxylation sites is 1. The number of aliphatic carboxylic acids is 1. The lowest BCUT2D eigenvalue weighted by Crippen LogP contribution is -2.43. The topological polar surface area (TPSA) is 112 Å². The van der Waals surface area contributed by atoms with E-state index >= 15 is 0 Å². The van der Waals surface area contributed by atoms with Crippen LogP contribution in [-0.4, -0.2) is 44.0 Å². The minimum Gasteiger partial charge on any atom is -0.481 e. The molecule has 1 aromatic heterocycles. The highest BCUT2D eigenvalue weighted by atomic mass is 19.1. The molecule has 3 aromatic carbocycles. The molecule has 0 aliphatic rings. The van der Waals surface area contributed by atoms with Crippen molar-refractivity contribution in [1.29, 1.82) is 0 Å². The van der Waals surface area contributed by atoms with Gasteiger partial charge in [-0.15, -0.1) is 0 Å². The molecular weight excluding hydrogens is 571 g/mol. The van der Waals surface area contributed by atoms with E-state index in [9.17, 15) is 29.3 Å². The van der Waals surface area contributed by atoms with Crippen molar-refractivity contribution in [3.8, 4) is 22.4 Å². The van der Waals surface area contributed by atoms with Crippen molar-refractivity contribution in [2.75, 3.05) is 5.32 Å². The van der Waals surface area contributed by atoms with E-state index in [-0.39, 0.29) is 36.5 Å². The van der Waals surface area contributed by atoms with Crippen molar-refractivity contribution in [3.05, 3.63) is 102 Å². The molecule has 0 spiro atoms. The number of carboxylic acids is 1. The largest absolute Gasteiger partial charge is 0.481 e. The van der Waals surface area contributed by atoms with E-state index in [1.54, 1.807) is 12.1 Å². The second-order valence-electron chi connectivity index (χ2n) is 12.6. The molecule has 0 unspecified atom stereocenters. The molecule has 0 aliphatic carbocycles. The standard InChI is InChI=1S/C37H43FN2O5/c1-23(2)34-33(36(45)39-28-14-10-7-11-15-28)32(25-12-8-6-9-13-25)35(26-16-18-27(38)19-17-26)40(34)22-37(5,24(3)4)30(42)20-29(41)21-31(43)44/h6-19,23-24,29-30,41-42H,20-22H2,1-5H3,(H,39,45)(H,43,44)/t29-,30+,37-/m1/s1. The van der Waals surface area contributed by atoms with Gasteiger partial charge in [0.25, 0.3) is 5.91 Å². The first-order chi connectivity index (χ1) is 21.3. The molecule has 1 amide bonds. The molecule has 4 rings (SSSR count). The van der Waals surface area contributed by atoms with Gasteiger partial charge in [0.05, 0.1) is 29.9 Å². The normalized spacial score (nSPS) is 14.3. The van der Waals surface area contributed by atoms with Crippen molar-refractivity contribution in [2.45, 2.75) is 72.1 Å². The smallest absolute Gasteiger partial charge is 0.305 e. The molecule has 238 valence electrons. The minimum absolute atomic E-state index is 0.116. The number of amides is 1. The second-order valence-corrected chi connectivity index (χ2v) is 12.6. The molecule has 0 saturated heterocycles. The predicted molar refractivity (Wildman–Crippen MR) is 176 cm³/mol. The average molecular weight is 615 g/mol. The third-order valence-electron chi connectivity index (χ3n) is 8.77. The zero-order chi connectivity index (χ0) is 32.9. The monoisotopic (exact) mass is 614 g/mol. The number of aromatic nitrogens is 1. The summed E-state index contributed by atoms with van der Waals surface area (Å²) in [6.45, 7) is 10.1. The maximum Gasteiger partial charge on any atom is 0.305 e. The van der Waals surface area contributed by atoms with Gasteiger partial charge >= 0.3 is 5.97 Å². The first-order valence-corrected chi connectivity index (χ1v) is 15.4. The summed E-state index contributed by atoms with van der Waals surface area (Å²) in [7, 11) is 0. The van der Waals surface area contributed by atoms with Gasteiger partial charge in [-0.3, -0.25) is 9.59 Å². The molecule has 1 heterocycles. The number of carbonyl (C=O) groups excluding carboxylic acids is 1. The summed E-state index contributed by atoms with van der Waals surface area (Å²) in [4.78, 5) is 25.6. The summed E-state index contributed by atoms with van der Waals surface area (Å²) < 4.78 is 16.3. The number of carboxylic acid groups (broad SMARTS) is 1. The molecule has 0 saturated carbocycles. The fraction of sp³-hybridized carbons (Fsp3) is 0.351. The highest BCUT2D eigenvalue weighted by molar-refractivity contribution is 6.12. The zero-order valence-electron chi connectivity index (χ0n) is 26.5. The summed E-state index contributed by atoms with van der Waals surface area (Å²) in [5.41, 5.74) is 3.89. The molecular formula is C37H43FN2O5. The van der Waals surface area contributed by atoms with Crippen LogP contribution in [0.2, 0.25) is 0 Å². The highest BCUT2D eigenvalue weighted by Crippen LogP contribution is 2.46. The van der Waals surface area contributed by atoms with Crippen molar-refractivity contribution in [3.63, 3.8) is 0 Å². The molecule has 3 atom stereocenters. The number of hydrogen-bond acceptors (Lipinski definition) is 4. The van der Waals surface area contributed by atoms with Crippen LogP contribution in [0, 0.1) is 17.2 Å². The van der Waals surface area contributed by atoms with E-state index in [1.165, 1.54) is 12.1 Å². The van der Waals surface area contributed by atoms with Gasteiger partial charge in [-0.05, 0) is 59.4 Å². The summed E-state index contributed by atoms with van der Waals surface area (Å²) in [5, 5.41) is 34.4. The quantitative estimate of drug-likeness (QED) is 0.124. The third kappa shape index (κ3) is 7.52. The second kappa shape index (κ2) is 14.2. The number of halogens is 1. The van der Waals surface area contributed by atoms with Crippen LogP contribution >= 0.6 is 0 Å². The van der Waals surface area contributed by atoms with Crippen LogP contribution in [-0.2, 0) is 11.3 Å². The predicted octanol–water partition coefficient (Wildman–Crippen LogP) is 7.59. The summed E-state index contributed by atoms with van der Waals surface area (Å²) in [5.74, 6) is -2.10. The van der Waals surface area contributed by atoms with E-state index < -0.39 is 30.0 Å². The fourth-order valence-corrected chi connectivity index (χ4v) is 5.97. The third-order valence-corrected chi connectivity index (χ3v) is 8.77. The molecule has 0 fully saturated rings. The maximum absolute atomic E-state index is 14.3. The van der Waals surface area contributed by atoms with Crippen LogP contribution in [0.4, 0.5) is 10.1 Å². The van der Waals surface area contributed by atoms with Gasteiger partial charge in [-0.25, -0.2) is 4.39 Å². The number of aliphatic hydroxyl groups is 2. The van der Waals surface area contributed by atoms with Crippen molar-refractivity contribution < 1.29 is 29.3 Å². The molecule has 0 radical (unpaired) electrons. The Bertz CT molecular complexity index is 1600. The molecule has 0 aliphatic heterocycles. The van der Waals surface area contributed by atoms with Crippen LogP contribution < -0.4 is 5.32 Å². The summed E-state index contributed by atoms with van der Waals surface area (Å²) >= 11 is 0. The van der Waals surface area contributed by atoms with E-state index in [0.717, 1.165) is 11.3 Å². The van der Waals surface area contributed by atoms with Gasteiger partial charge in [-0.1, -0.05) is 83.1 Å². The van der Waals surface area contributed by atoms with Gasteiger partial charge in [0.2, 0.25) is 0 Å². The van der Waals surface area contributed by atoms with E-state index in [1.807, 2.05) is 95.3 Å². The first-order valence-electron chi connectivity index (χ1n) is 15.4. The molecule has 0 bridgehead atoms. The Morgan fingerprint density at radius 2 is 1.44 bits per heavy atom. The zero-order valence-corrected chi connectivity index (χ0v) is 26.5. The average Bonchev–Trinajstić information content (AvgIpc) is 3.32. The Hall–Kier alpha value is -4.27. The van der Waals surface area contributed by atoms with Gasteiger partial charge in [0.1, 0.15) is 5.82 Å². The minimum atomic E-state index is -1.23. The number of hydrogen-bond donors (Lipinski definition) is 4. The molecule has 4 N–H and O–H groups in total. The van der Waals surface area contributed by atoms with Crippen molar-refractivity contribution >= 4 is 17.6 Å². The molecule has 4 aromatic rings. The lowest BCUT2D eigenvalue weighted by Gasteiger charge is -2.40. The summed E-state index contributed by atoms with van der Waals surface area (Å²) in [6, 6.07) is 25.0. The van der Waals surface area contributed by atoms with Crippen molar-refractivity contribution in [1.82, 2.24) is 4.57 Å². The first kappa shape index (κ1) is 33.6. The highest BCUT2D eigenvalue weighted by Gasteiger charge is 2.41.